The van der Waals surface area contributed by atoms with Crippen LogP contribution < -0.4 is 5.32 Å². The fourth-order valence-electron chi connectivity index (χ4n) is 2.09. The fraction of sp³-hybridized carbons (Fsp3) is 0.500. The van der Waals surface area contributed by atoms with Gasteiger partial charge in [-0.2, -0.15) is 13.2 Å². The van der Waals surface area contributed by atoms with Crippen LogP contribution in [0.4, 0.5) is 13.2 Å². The maximum Gasteiger partial charge on any atom is 0.416 e. The van der Waals surface area contributed by atoms with Gasteiger partial charge in [-0.3, -0.25) is 0 Å². The molecule has 0 aliphatic heterocycles. The Morgan fingerprint density at radius 2 is 2.12 bits per heavy atom. The standard InChI is InChI=1S/C12H14F3N/c1-16-7-9-6-11(9)8-3-2-4-10(5-8)12(13,14)15/h2-5,9,11,16H,6-7H2,1H3/t9-,11+/m1/s1. The molecule has 88 valence electrons. The lowest BCUT2D eigenvalue weighted by Gasteiger charge is -2.08. The Kier molecular flexibility index (Phi) is 2.93. The molecule has 1 fully saturated rings. The summed E-state index contributed by atoms with van der Waals surface area (Å²) >= 11 is 0. The molecule has 0 spiro atoms. The molecule has 1 saturated carbocycles. The molecule has 0 unspecified atom stereocenters. The van der Waals surface area contributed by atoms with Crippen LogP contribution in [-0.2, 0) is 6.18 Å². The van der Waals surface area contributed by atoms with Gasteiger partial charge in [-0.15, -0.1) is 0 Å². The lowest BCUT2D eigenvalue weighted by Crippen LogP contribution is -2.10. The van der Waals surface area contributed by atoms with Gasteiger partial charge in [0.2, 0.25) is 0 Å². The second-order valence-corrected chi connectivity index (χ2v) is 4.28. The minimum atomic E-state index is -4.23. The summed E-state index contributed by atoms with van der Waals surface area (Å²) in [4.78, 5) is 0. The Bertz CT molecular complexity index is 373. The monoisotopic (exact) mass is 229 g/mol. The van der Waals surface area contributed by atoms with E-state index in [4.69, 9.17) is 0 Å². The van der Waals surface area contributed by atoms with E-state index in [1.165, 1.54) is 12.1 Å². The van der Waals surface area contributed by atoms with Gasteiger partial charge in [0.15, 0.2) is 0 Å². The predicted octanol–water partition coefficient (Wildman–Crippen LogP) is 3.03. The average Bonchev–Trinajstić information content (AvgIpc) is 2.97. The van der Waals surface area contributed by atoms with Crippen molar-refractivity contribution < 1.29 is 13.2 Å². The van der Waals surface area contributed by atoms with Crippen LogP contribution in [0.3, 0.4) is 0 Å². The Balaban J connectivity index is 2.12. The maximum atomic E-state index is 12.5. The first-order valence-corrected chi connectivity index (χ1v) is 5.34. The molecule has 4 heteroatoms. The van der Waals surface area contributed by atoms with E-state index in [0.717, 1.165) is 24.6 Å². The van der Waals surface area contributed by atoms with Gasteiger partial charge in [-0.1, -0.05) is 18.2 Å². The van der Waals surface area contributed by atoms with E-state index in [-0.39, 0.29) is 0 Å². The molecule has 1 aromatic rings. The number of rotatable bonds is 3. The van der Waals surface area contributed by atoms with E-state index >= 15 is 0 Å². The molecule has 2 atom stereocenters. The van der Waals surface area contributed by atoms with Crippen LogP contribution in [0.25, 0.3) is 0 Å². The number of alkyl halides is 3. The quantitative estimate of drug-likeness (QED) is 0.840. The molecule has 0 saturated heterocycles. The molecule has 1 aliphatic rings. The van der Waals surface area contributed by atoms with Crippen molar-refractivity contribution >= 4 is 0 Å². The van der Waals surface area contributed by atoms with Crippen molar-refractivity contribution in [1.82, 2.24) is 5.32 Å². The van der Waals surface area contributed by atoms with Crippen LogP contribution in [0.2, 0.25) is 0 Å². The minimum absolute atomic E-state index is 0.301. The SMILES string of the molecule is CNC[C@H]1C[C@H]1c1cccc(C(F)(F)F)c1. The molecule has 16 heavy (non-hydrogen) atoms. The molecular weight excluding hydrogens is 215 g/mol. The zero-order valence-electron chi connectivity index (χ0n) is 9.01. The fourth-order valence-corrected chi connectivity index (χ4v) is 2.09. The third-order valence-corrected chi connectivity index (χ3v) is 3.03. The maximum absolute atomic E-state index is 12.5. The van der Waals surface area contributed by atoms with Crippen molar-refractivity contribution in [1.29, 1.82) is 0 Å². The van der Waals surface area contributed by atoms with Crippen LogP contribution in [0, 0.1) is 5.92 Å². The Morgan fingerprint density at radius 3 is 2.75 bits per heavy atom. The van der Waals surface area contributed by atoms with Crippen molar-refractivity contribution in [3.05, 3.63) is 35.4 Å². The van der Waals surface area contributed by atoms with Gasteiger partial charge in [-0.05, 0) is 43.5 Å². The Labute approximate surface area is 92.7 Å². The highest BCUT2D eigenvalue weighted by Gasteiger charge is 2.39. The number of halogens is 3. The Morgan fingerprint density at radius 1 is 1.38 bits per heavy atom. The molecule has 0 radical (unpaired) electrons. The highest BCUT2D eigenvalue weighted by Crippen LogP contribution is 2.47. The average molecular weight is 229 g/mol. The third kappa shape index (κ3) is 2.38. The molecule has 1 aliphatic carbocycles. The van der Waals surface area contributed by atoms with Gasteiger partial charge in [-0.25, -0.2) is 0 Å². The lowest BCUT2D eigenvalue weighted by atomic mass is 10.1. The first kappa shape index (κ1) is 11.5. The third-order valence-electron chi connectivity index (χ3n) is 3.03. The first-order chi connectivity index (χ1) is 7.52. The van der Waals surface area contributed by atoms with E-state index < -0.39 is 11.7 Å². The van der Waals surface area contributed by atoms with Gasteiger partial charge in [0.05, 0.1) is 5.56 Å². The number of hydrogen-bond acceptors (Lipinski definition) is 1. The molecule has 0 amide bonds. The predicted molar refractivity (Wildman–Crippen MR) is 56.2 cm³/mol. The van der Waals surface area contributed by atoms with Crippen LogP contribution in [0.15, 0.2) is 24.3 Å². The van der Waals surface area contributed by atoms with Crippen LogP contribution in [0.5, 0.6) is 0 Å². The molecule has 0 heterocycles. The lowest BCUT2D eigenvalue weighted by molar-refractivity contribution is -0.137. The van der Waals surface area contributed by atoms with Gasteiger partial charge >= 0.3 is 6.18 Å². The summed E-state index contributed by atoms with van der Waals surface area (Å²) in [7, 11) is 1.86. The topological polar surface area (TPSA) is 12.0 Å². The number of nitrogens with one attached hydrogen (secondary N) is 1. The molecule has 2 rings (SSSR count). The highest BCUT2D eigenvalue weighted by atomic mass is 19.4. The van der Waals surface area contributed by atoms with E-state index in [0.29, 0.717) is 11.8 Å². The molecule has 1 nitrogen and oxygen atoms in total. The van der Waals surface area contributed by atoms with Crippen molar-refractivity contribution in [2.75, 3.05) is 13.6 Å². The summed E-state index contributed by atoms with van der Waals surface area (Å²) in [5.74, 6) is 0.795. The van der Waals surface area contributed by atoms with Crippen molar-refractivity contribution in [2.24, 2.45) is 5.92 Å². The van der Waals surface area contributed by atoms with E-state index in [2.05, 4.69) is 5.32 Å². The zero-order valence-corrected chi connectivity index (χ0v) is 9.01. The smallest absolute Gasteiger partial charge is 0.319 e. The van der Waals surface area contributed by atoms with Crippen LogP contribution in [0.1, 0.15) is 23.5 Å². The highest BCUT2D eigenvalue weighted by molar-refractivity contribution is 5.32. The van der Waals surface area contributed by atoms with Gasteiger partial charge < -0.3 is 5.32 Å². The second-order valence-electron chi connectivity index (χ2n) is 4.28. The van der Waals surface area contributed by atoms with E-state index in [1.54, 1.807) is 6.07 Å². The van der Waals surface area contributed by atoms with Gasteiger partial charge in [0.1, 0.15) is 0 Å². The summed E-state index contributed by atoms with van der Waals surface area (Å²) in [6, 6.07) is 5.68. The summed E-state index contributed by atoms with van der Waals surface area (Å²) in [5.41, 5.74) is 0.273. The Hall–Kier alpha value is -1.03. The molecular formula is C12H14F3N. The van der Waals surface area contributed by atoms with E-state index in [1.807, 2.05) is 7.05 Å². The van der Waals surface area contributed by atoms with Crippen molar-refractivity contribution in [3.8, 4) is 0 Å². The molecule has 0 bridgehead atoms. The summed E-state index contributed by atoms with van der Waals surface area (Å²) in [6.07, 6.45) is -3.24. The number of hydrogen-bond donors (Lipinski definition) is 1. The van der Waals surface area contributed by atoms with Crippen molar-refractivity contribution in [3.63, 3.8) is 0 Å². The molecule has 1 aromatic carbocycles. The van der Waals surface area contributed by atoms with E-state index in [9.17, 15) is 13.2 Å². The largest absolute Gasteiger partial charge is 0.416 e. The summed E-state index contributed by atoms with van der Waals surface area (Å²) in [6.45, 7) is 0.876. The van der Waals surface area contributed by atoms with Crippen LogP contribution >= 0.6 is 0 Å². The van der Waals surface area contributed by atoms with Gasteiger partial charge in [0.25, 0.3) is 0 Å². The van der Waals surface area contributed by atoms with Gasteiger partial charge in [0, 0.05) is 0 Å². The van der Waals surface area contributed by atoms with Crippen molar-refractivity contribution in [2.45, 2.75) is 18.5 Å². The number of benzene rings is 1. The summed E-state index contributed by atoms with van der Waals surface area (Å²) in [5, 5.41) is 3.05. The minimum Gasteiger partial charge on any atom is -0.319 e. The summed E-state index contributed by atoms with van der Waals surface area (Å²) < 4.78 is 37.5. The second kappa shape index (κ2) is 4.09. The van der Waals surface area contributed by atoms with Crippen LogP contribution in [-0.4, -0.2) is 13.6 Å². The molecule has 1 N–H and O–H groups in total. The zero-order chi connectivity index (χ0) is 11.8. The normalized spacial score (nSPS) is 24.5. The first-order valence-electron chi connectivity index (χ1n) is 5.34. The molecule has 0 aromatic heterocycles.